The number of aryl methyl sites for hydroxylation is 1. The van der Waals surface area contributed by atoms with Crippen molar-refractivity contribution in [1.82, 2.24) is 9.55 Å². The highest BCUT2D eigenvalue weighted by atomic mass is 32.2. The Morgan fingerprint density at radius 1 is 0.788 bits per heavy atom. The van der Waals surface area contributed by atoms with Gasteiger partial charge in [-0.05, 0) is 12.5 Å². The van der Waals surface area contributed by atoms with Crippen LogP contribution in [0.15, 0.2) is 20.9 Å². The van der Waals surface area contributed by atoms with Crippen molar-refractivity contribution in [2.24, 2.45) is 5.11 Å². The summed E-state index contributed by atoms with van der Waals surface area (Å²) in [5.41, 5.74) is 5.62. The molecule has 0 amide bonds. The molecule has 1 unspecified atom stereocenters. The van der Waals surface area contributed by atoms with Gasteiger partial charge in [0.25, 0.3) is 5.56 Å². The Hall–Kier alpha value is -4.09. The van der Waals surface area contributed by atoms with Crippen LogP contribution in [0.2, 0.25) is 0 Å². The number of thioether (sulfide) groups is 2. The quantitative estimate of drug-likeness (QED) is 0.0224. The number of phosphoric acid groups is 1. The number of azide groups is 1. The fourth-order valence-corrected chi connectivity index (χ4v) is 10.2. The number of ether oxygens (including phenoxy) is 8. The Morgan fingerprint density at radius 2 is 1.35 bits per heavy atom. The number of nitrogens with one attached hydrogen (secondary N) is 1. The predicted octanol–water partition coefficient (Wildman–Crippen LogP) is -0.110. The van der Waals surface area contributed by atoms with Gasteiger partial charge in [0.1, 0.15) is 48.1 Å². The second-order valence-corrected chi connectivity index (χ2v) is 18.7. The number of aliphatic hydroxyl groups excluding tert-OH is 3. The van der Waals surface area contributed by atoms with Gasteiger partial charge in [-0.3, -0.25) is 51.9 Å². The molecule has 3 saturated heterocycles. The average molecular weight is 1000 g/mol. The fourth-order valence-electron chi connectivity index (χ4n) is 6.78. The summed E-state index contributed by atoms with van der Waals surface area (Å²) >= 11 is 1.76. The van der Waals surface area contributed by atoms with Crippen molar-refractivity contribution in [3.8, 4) is 0 Å². The summed E-state index contributed by atoms with van der Waals surface area (Å²) in [7, 11) is -4.69. The van der Waals surface area contributed by atoms with Crippen LogP contribution in [-0.2, 0) is 80.0 Å². The lowest BCUT2D eigenvalue weighted by atomic mass is 9.99. The van der Waals surface area contributed by atoms with Gasteiger partial charge in [-0.1, -0.05) is 5.11 Å². The number of hydrogen-bond donors (Lipinski definition) is 4. The molecule has 3 aliphatic rings. The van der Waals surface area contributed by atoms with E-state index in [4.69, 9.17) is 51.5 Å². The first-order valence-electron chi connectivity index (χ1n) is 20.1. The molecule has 1 aromatic rings. The molecular weight excluding hydrogens is 950 g/mol. The minimum absolute atomic E-state index is 0.0680. The number of aliphatic hydroxyl groups is 3. The third kappa shape index (κ3) is 15.5. The molecule has 3 aliphatic heterocycles. The molecule has 0 saturated carbocycles. The normalized spacial score (nSPS) is 30.5. The Bertz CT molecular complexity index is 2090. The van der Waals surface area contributed by atoms with E-state index in [1.807, 2.05) is 0 Å². The largest absolute Gasteiger partial charge is 0.474 e. The third-order valence-corrected chi connectivity index (χ3v) is 13.3. The summed E-state index contributed by atoms with van der Waals surface area (Å²) in [6.45, 7) is 4.19. The van der Waals surface area contributed by atoms with Crippen molar-refractivity contribution in [1.29, 1.82) is 0 Å². The number of nitrogens with zero attached hydrogens (tertiary/aromatic N) is 4. The van der Waals surface area contributed by atoms with Crippen LogP contribution in [0.4, 0.5) is 0 Å². The van der Waals surface area contributed by atoms with Gasteiger partial charge in [0, 0.05) is 69.2 Å². The number of hydrogen-bond acceptors (Lipinski definition) is 25. The summed E-state index contributed by atoms with van der Waals surface area (Å²) in [5, 5.41) is 34.9. The highest BCUT2D eigenvalue weighted by Gasteiger charge is 2.52. The summed E-state index contributed by atoms with van der Waals surface area (Å²) in [6.07, 6.45) is -12.4. The molecule has 0 aromatic carbocycles. The van der Waals surface area contributed by atoms with Crippen molar-refractivity contribution in [2.75, 3.05) is 44.5 Å². The van der Waals surface area contributed by atoms with Gasteiger partial charge in [-0.15, -0.1) is 23.5 Å². The molecule has 27 nitrogen and oxygen atoms in total. The fraction of sp³-hybridized carbons (Fsp3) is 0.750. The number of aromatic amines is 1. The molecule has 0 bridgehead atoms. The van der Waals surface area contributed by atoms with Crippen molar-refractivity contribution in [3.05, 3.63) is 43.0 Å². The maximum atomic E-state index is 14.3. The topological polar surface area (TPSA) is 368 Å². The zero-order valence-corrected chi connectivity index (χ0v) is 38.9. The van der Waals surface area contributed by atoms with Crippen molar-refractivity contribution < 1.29 is 95.3 Å². The Morgan fingerprint density at radius 3 is 1.92 bits per heavy atom. The van der Waals surface area contributed by atoms with Crippen LogP contribution in [0.5, 0.6) is 0 Å². The minimum atomic E-state index is -4.69. The number of aromatic nitrogens is 2. The lowest BCUT2D eigenvalue weighted by Gasteiger charge is -2.44. The molecule has 0 spiro atoms. The van der Waals surface area contributed by atoms with Gasteiger partial charge in [0.2, 0.25) is 0 Å². The van der Waals surface area contributed by atoms with Crippen molar-refractivity contribution >= 4 is 61.2 Å². The highest BCUT2D eigenvalue weighted by molar-refractivity contribution is 8.00. The van der Waals surface area contributed by atoms with E-state index < -0.39 is 160 Å². The molecule has 66 heavy (non-hydrogen) atoms. The molecule has 370 valence electrons. The van der Waals surface area contributed by atoms with Crippen molar-refractivity contribution in [2.45, 2.75) is 126 Å². The summed E-state index contributed by atoms with van der Waals surface area (Å²) in [4.78, 5) is 89.5. The molecule has 4 rings (SSSR count). The standard InChI is InChI=1S/C36H52N5O22PS2/c1-16-12-41(36(51)38-33(16)50)26-11-22(39-40-37)24(61-26)15-56-64(52,54-7-9-65-34-28(49)27(48)29(57-18(3)44)23(13-42)62-34)55-8-10-66-35-32(60-21(6)47)31(59-20(5)46)30(58-19(4)45)25(63-35)14-53-17(2)43/h12,22-32,34-35,42,48-49H,7-11,13-15H2,1-6H3,(H,38,50,51)/t22-,23+,24+,25+,26+,27+,28+,29+,30+,31-,32+,34-,35-,64?/m0/s1. The van der Waals surface area contributed by atoms with Crippen LogP contribution in [0.3, 0.4) is 0 Å². The Labute approximate surface area is 383 Å². The molecule has 1 aromatic heterocycles. The molecule has 30 heteroatoms. The van der Waals surface area contributed by atoms with E-state index in [0.29, 0.717) is 0 Å². The first-order valence-corrected chi connectivity index (χ1v) is 23.6. The lowest BCUT2D eigenvalue weighted by molar-refractivity contribution is -0.237. The van der Waals surface area contributed by atoms with Crippen LogP contribution >= 0.6 is 31.3 Å². The molecule has 4 heterocycles. The van der Waals surface area contributed by atoms with E-state index in [1.165, 1.54) is 13.1 Å². The van der Waals surface area contributed by atoms with Crippen molar-refractivity contribution in [3.63, 3.8) is 0 Å². The molecule has 0 aliphatic carbocycles. The van der Waals surface area contributed by atoms with Crippen LogP contribution in [0.25, 0.3) is 10.4 Å². The third-order valence-electron chi connectivity index (χ3n) is 9.56. The summed E-state index contributed by atoms with van der Waals surface area (Å²) < 4.78 is 76.5. The number of phosphoric ester groups is 1. The number of carbonyl (C=O) groups is 5. The van der Waals surface area contributed by atoms with Gasteiger partial charge in [-0.25, -0.2) is 9.36 Å². The molecule has 3 fully saturated rings. The first-order chi connectivity index (χ1) is 31.2. The summed E-state index contributed by atoms with van der Waals surface area (Å²) in [5.74, 6) is -4.27. The monoisotopic (exact) mass is 1000 g/mol. The smallest absolute Gasteiger partial charge is 0.463 e. The van der Waals surface area contributed by atoms with Crippen LogP contribution in [0, 0.1) is 6.92 Å². The van der Waals surface area contributed by atoms with Gasteiger partial charge < -0.3 is 53.2 Å². The number of esters is 5. The van der Waals surface area contributed by atoms with Crippen LogP contribution in [0.1, 0.15) is 52.8 Å². The second-order valence-electron chi connectivity index (χ2n) is 14.6. The number of rotatable bonds is 22. The van der Waals surface area contributed by atoms with E-state index in [9.17, 15) is 59.0 Å². The lowest BCUT2D eigenvalue weighted by Crippen LogP contribution is -2.61. The predicted molar refractivity (Wildman–Crippen MR) is 223 cm³/mol. The van der Waals surface area contributed by atoms with E-state index in [0.717, 1.165) is 62.7 Å². The first kappa shape index (κ1) is 54.5. The van der Waals surface area contributed by atoms with E-state index in [2.05, 4.69) is 15.0 Å². The van der Waals surface area contributed by atoms with Gasteiger partial charge in [0.05, 0.1) is 38.6 Å². The average Bonchev–Trinajstić information content (AvgIpc) is 3.64. The highest BCUT2D eigenvalue weighted by Crippen LogP contribution is 2.51. The molecule has 0 radical (unpaired) electrons. The Kier molecular flexibility index (Phi) is 20.9. The zero-order chi connectivity index (χ0) is 48.9. The van der Waals surface area contributed by atoms with E-state index in [1.54, 1.807) is 0 Å². The molecule has 14 atom stereocenters. The molecular formula is C36H52N5O22PS2. The number of carbonyl (C=O) groups excluding carboxylic acids is 5. The van der Waals surface area contributed by atoms with Gasteiger partial charge >= 0.3 is 43.4 Å². The second kappa shape index (κ2) is 25.3. The van der Waals surface area contributed by atoms with Crippen LogP contribution in [-0.4, -0.2) is 171 Å². The minimum Gasteiger partial charge on any atom is -0.463 e. The maximum absolute atomic E-state index is 14.3. The van der Waals surface area contributed by atoms with Crippen LogP contribution < -0.4 is 11.2 Å². The zero-order valence-electron chi connectivity index (χ0n) is 36.4. The number of H-pyrrole nitrogens is 1. The van der Waals surface area contributed by atoms with E-state index in [-0.39, 0.29) is 23.5 Å². The van der Waals surface area contributed by atoms with Gasteiger partial charge in [-0.2, -0.15) is 0 Å². The summed E-state index contributed by atoms with van der Waals surface area (Å²) in [6, 6.07) is -0.993. The SMILES string of the molecule is CC(=O)OC[C@H]1O[C@@H](SCCOP(=O)(OCCS[C@@H]2O[C@H](CO)[C@@H](OC(C)=O)[C@H](O)[C@H]2O)OC[C@H]2O[C@@H](n3cc(C)c(=O)[nH]c3=O)C[C@@H]2N=[N+]=[N-])[C@H](OC(C)=O)[C@@H](OC(C)=O)[C@@H]1OC(C)=O. The maximum Gasteiger partial charge on any atom is 0.474 e. The molecule has 4 N–H and O–H groups in total. The van der Waals surface area contributed by atoms with E-state index >= 15 is 0 Å². The van der Waals surface area contributed by atoms with Gasteiger partial charge in [0.15, 0.2) is 24.4 Å². The Balaban J connectivity index is 1.52.